The van der Waals surface area contributed by atoms with Gasteiger partial charge in [-0.05, 0) is 117 Å². The number of carbonyl (C=O) groups excluding carboxylic acids is 5. The Kier molecular flexibility index (Phi) is 12.9. The van der Waals surface area contributed by atoms with Crippen molar-refractivity contribution in [2.75, 3.05) is 59.7 Å². The highest BCUT2D eigenvalue weighted by Gasteiger charge is 2.39. The number of amides is 5. The summed E-state index contributed by atoms with van der Waals surface area (Å²) in [6, 6.07) is 19.7. The van der Waals surface area contributed by atoms with Gasteiger partial charge in [-0.2, -0.15) is 5.10 Å². The third-order valence-electron chi connectivity index (χ3n) is 13.7. The van der Waals surface area contributed by atoms with Gasteiger partial charge in [0.05, 0.1) is 23.7 Å². The fourth-order valence-electron chi connectivity index (χ4n) is 9.62. The van der Waals surface area contributed by atoms with E-state index in [2.05, 4.69) is 68.8 Å². The number of fused-ring (bicyclic) bond motifs is 1. The van der Waals surface area contributed by atoms with Gasteiger partial charge in [0.1, 0.15) is 22.7 Å². The van der Waals surface area contributed by atoms with Crippen LogP contribution in [0.1, 0.15) is 94.3 Å². The molecule has 1 atom stereocenters. The molecule has 19 heteroatoms. The van der Waals surface area contributed by atoms with Crippen molar-refractivity contribution in [2.24, 2.45) is 5.73 Å². The largest absolute Gasteiger partial charge is 0.357 e. The summed E-state index contributed by atoms with van der Waals surface area (Å²) in [7, 11) is 0. The molecule has 8 heterocycles. The number of hydrogen-bond acceptors (Lipinski definition) is 15. The first kappa shape index (κ1) is 45.7. The highest BCUT2D eigenvalue weighted by atomic mass is 32.2. The van der Waals surface area contributed by atoms with Gasteiger partial charge in [0.15, 0.2) is 5.69 Å². The van der Waals surface area contributed by atoms with Crippen LogP contribution in [-0.2, 0) is 16.1 Å². The van der Waals surface area contributed by atoms with E-state index in [9.17, 15) is 24.0 Å². The topological polar surface area (TPSA) is 225 Å². The summed E-state index contributed by atoms with van der Waals surface area (Å²) in [5.41, 5.74) is 11.0. The fraction of sp³-hybridized carbons (Fsp3) is 0.360. The van der Waals surface area contributed by atoms with Crippen LogP contribution >= 0.6 is 11.8 Å². The molecule has 5 aliphatic rings. The van der Waals surface area contributed by atoms with Crippen LogP contribution < -0.4 is 31.5 Å². The predicted octanol–water partition coefficient (Wildman–Crippen LogP) is 5.15. The number of nitrogens with two attached hydrogens (primary N) is 1. The highest BCUT2D eigenvalue weighted by Crippen LogP contribution is 2.32. The number of piperidine rings is 3. The van der Waals surface area contributed by atoms with Crippen molar-refractivity contribution in [3.05, 3.63) is 119 Å². The van der Waals surface area contributed by atoms with E-state index in [1.807, 2.05) is 48.7 Å². The number of anilines is 4. The van der Waals surface area contributed by atoms with Crippen molar-refractivity contribution in [1.82, 2.24) is 40.3 Å². The number of aromatic nitrogens is 5. The van der Waals surface area contributed by atoms with Gasteiger partial charge in [0.2, 0.25) is 11.8 Å². The molecule has 5 amide bonds. The molecule has 2 aromatic carbocycles. The number of imide groups is 1. The lowest BCUT2D eigenvalue weighted by Crippen LogP contribution is -2.52. The van der Waals surface area contributed by atoms with Crippen molar-refractivity contribution in [1.29, 1.82) is 0 Å². The van der Waals surface area contributed by atoms with E-state index in [1.54, 1.807) is 36.7 Å². The molecule has 0 saturated carbocycles. The number of nitrogens with zero attached hydrogens (tertiary/aromatic N) is 9. The van der Waals surface area contributed by atoms with E-state index in [0.717, 1.165) is 104 Å². The molecule has 3 saturated heterocycles. The van der Waals surface area contributed by atoms with E-state index in [-0.39, 0.29) is 48.3 Å². The van der Waals surface area contributed by atoms with Crippen LogP contribution in [0.3, 0.4) is 0 Å². The molecule has 5 N–H and O–H groups in total. The van der Waals surface area contributed by atoms with Crippen LogP contribution in [0, 0.1) is 0 Å². The Morgan fingerprint density at radius 2 is 1.57 bits per heavy atom. The monoisotopic (exact) mass is 947 g/mol. The lowest BCUT2D eigenvalue weighted by molar-refractivity contribution is -0.136. The summed E-state index contributed by atoms with van der Waals surface area (Å²) < 4.78 is 0. The lowest BCUT2D eigenvalue weighted by atomic mass is 9.91. The van der Waals surface area contributed by atoms with Gasteiger partial charge in [-0.25, -0.2) is 15.0 Å². The minimum absolute atomic E-state index is 0.125. The molecular weight excluding hydrogens is 895 g/mol. The molecule has 3 fully saturated rings. The summed E-state index contributed by atoms with van der Waals surface area (Å²) in [4.78, 5) is 86.9. The number of carbonyl (C=O) groups is 5. The van der Waals surface area contributed by atoms with Gasteiger partial charge in [0.25, 0.3) is 17.7 Å². The molecule has 5 aliphatic heterocycles. The van der Waals surface area contributed by atoms with Gasteiger partial charge in [-0.15, -0.1) is 5.10 Å². The molecule has 5 aromatic rings. The minimum atomic E-state index is -0.710. The van der Waals surface area contributed by atoms with Crippen LogP contribution in [0.2, 0.25) is 0 Å². The Hall–Kier alpha value is -7.09. The molecule has 354 valence electrons. The molecular formula is C50H53N13O5S. The molecule has 69 heavy (non-hydrogen) atoms. The molecule has 3 aromatic heterocycles. The standard InChI is InChI=1S/C50H53N13O5S/c1-50(51)17-23-62(24-18-50)43-28-54-45(29-53-43)69-37-4-2-3-34(26-37)55-46(65)32-5-11-42(52-27-32)61-21-15-36(16-22-61)60-19-13-31(14-20-60)39-8-9-40(59-58-39)47(66)56-35-6-7-38-33(25-35)30-63(49(38)68)41-10-12-44(64)57-48(41)67/h2-9,11,13,25-29,36,41H,10,12,14-24,30,51H2,1H3,(H,55,65)(H,56,66)(H,57,64,67). The maximum Gasteiger partial charge on any atom is 0.276 e. The summed E-state index contributed by atoms with van der Waals surface area (Å²) >= 11 is 1.49. The quantitative estimate of drug-likeness (QED) is 0.126. The van der Waals surface area contributed by atoms with Crippen molar-refractivity contribution in [3.63, 3.8) is 0 Å². The lowest BCUT2D eigenvalue weighted by Gasteiger charge is -2.40. The second kappa shape index (κ2) is 19.5. The normalized spacial score (nSPS) is 19.7. The predicted molar refractivity (Wildman–Crippen MR) is 261 cm³/mol. The van der Waals surface area contributed by atoms with E-state index in [1.165, 1.54) is 16.7 Å². The first-order valence-electron chi connectivity index (χ1n) is 23.4. The third kappa shape index (κ3) is 10.4. The molecule has 0 aliphatic carbocycles. The number of nitrogens with one attached hydrogen (secondary N) is 3. The number of pyridine rings is 1. The Morgan fingerprint density at radius 3 is 2.28 bits per heavy atom. The number of rotatable bonds is 11. The summed E-state index contributed by atoms with van der Waals surface area (Å²) in [6.45, 7) is 7.44. The first-order chi connectivity index (χ1) is 33.4. The fourth-order valence-corrected chi connectivity index (χ4v) is 10.4. The molecule has 0 spiro atoms. The van der Waals surface area contributed by atoms with Gasteiger partial charge in [-0.1, -0.05) is 23.9 Å². The maximum atomic E-state index is 13.3. The Labute approximate surface area is 403 Å². The van der Waals surface area contributed by atoms with Crippen LogP contribution in [0.15, 0.2) is 101 Å². The van der Waals surface area contributed by atoms with Crippen molar-refractivity contribution in [2.45, 2.75) is 86.0 Å². The van der Waals surface area contributed by atoms with Gasteiger partial charge in [-0.3, -0.25) is 34.2 Å². The van der Waals surface area contributed by atoms with E-state index in [4.69, 9.17) is 5.73 Å². The second-order valence-corrected chi connectivity index (χ2v) is 19.7. The third-order valence-corrected chi connectivity index (χ3v) is 14.6. The Morgan fingerprint density at radius 1 is 0.783 bits per heavy atom. The molecule has 10 rings (SSSR count). The van der Waals surface area contributed by atoms with Gasteiger partial charge >= 0.3 is 0 Å². The van der Waals surface area contributed by atoms with E-state index in [0.29, 0.717) is 34.1 Å². The Bertz CT molecular complexity index is 2810. The Balaban J connectivity index is 0.663. The zero-order chi connectivity index (χ0) is 47.6. The van der Waals surface area contributed by atoms with Gasteiger partial charge in [0, 0.05) is 91.8 Å². The first-order valence-corrected chi connectivity index (χ1v) is 24.3. The smallest absolute Gasteiger partial charge is 0.276 e. The van der Waals surface area contributed by atoms with Crippen molar-refractivity contribution in [3.8, 4) is 0 Å². The average molecular weight is 948 g/mol. The number of benzene rings is 2. The SMILES string of the molecule is CC1(N)CCN(c2cnc(Sc3cccc(NC(=O)c4ccc(N5CCC(N6CC=C(c7ccc(C(=O)Nc8ccc9c(c8)CN(C8CCC(=O)NC8=O)C9=O)nn7)CC6)CC5)nc4)c3)cn2)CC1. The summed E-state index contributed by atoms with van der Waals surface area (Å²) in [6.07, 6.45) is 12.5. The summed E-state index contributed by atoms with van der Waals surface area (Å²) in [5.74, 6) is -0.0269. The second-order valence-electron chi connectivity index (χ2n) is 18.6. The summed E-state index contributed by atoms with van der Waals surface area (Å²) in [5, 5.41) is 17.6. The van der Waals surface area contributed by atoms with E-state index >= 15 is 0 Å². The molecule has 1 unspecified atom stereocenters. The highest BCUT2D eigenvalue weighted by molar-refractivity contribution is 7.99. The average Bonchev–Trinajstić information content (AvgIpc) is 3.69. The van der Waals surface area contributed by atoms with Crippen molar-refractivity contribution >= 4 is 69.9 Å². The zero-order valence-corrected chi connectivity index (χ0v) is 39.1. The minimum Gasteiger partial charge on any atom is -0.357 e. The zero-order valence-electron chi connectivity index (χ0n) is 38.3. The van der Waals surface area contributed by atoms with Crippen LogP contribution in [0.5, 0.6) is 0 Å². The molecule has 0 radical (unpaired) electrons. The van der Waals surface area contributed by atoms with Crippen molar-refractivity contribution < 1.29 is 24.0 Å². The molecule has 0 bridgehead atoms. The van der Waals surface area contributed by atoms with Crippen LogP contribution in [-0.4, -0.2) is 121 Å². The molecule has 18 nitrogen and oxygen atoms in total. The van der Waals surface area contributed by atoms with Crippen LogP contribution in [0.25, 0.3) is 5.57 Å². The maximum absolute atomic E-state index is 13.3. The van der Waals surface area contributed by atoms with E-state index < -0.39 is 17.9 Å². The number of hydrogen-bond donors (Lipinski definition) is 4. The van der Waals surface area contributed by atoms with Gasteiger partial charge < -0.3 is 31.1 Å². The van der Waals surface area contributed by atoms with Crippen LogP contribution in [0.4, 0.5) is 23.0 Å².